The fourth-order valence-corrected chi connectivity index (χ4v) is 2.94. The summed E-state index contributed by atoms with van der Waals surface area (Å²) in [5, 5.41) is 15.7. The second kappa shape index (κ2) is 2.72. The number of carboxylic acids is 1. The molecule has 0 aliphatic heterocycles. The van der Waals surface area contributed by atoms with E-state index in [9.17, 15) is 4.79 Å². The fraction of sp³-hybridized carbons (Fsp3) is 0.455. The van der Waals surface area contributed by atoms with Gasteiger partial charge in [-0.25, -0.2) is 4.79 Å². The number of aromatic amines is 1. The molecule has 0 spiro atoms. The molecular formula is C11H12N2O2. The van der Waals surface area contributed by atoms with Crippen LogP contribution in [0.4, 0.5) is 0 Å². The first kappa shape index (κ1) is 8.71. The lowest BCUT2D eigenvalue weighted by molar-refractivity contribution is 0.0689. The van der Waals surface area contributed by atoms with Gasteiger partial charge < -0.3 is 5.11 Å². The highest BCUT2D eigenvalue weighted by Gasteiger charge is 2.56. The summed E-state index contributed by atoms with van der Waals surface area (Å²) in [6, 6.07) is 0. The number of hydrogen-bond acceptors (Lipinski definition) is 2. The smallest absolute Gasteiger partial charge is 0.356 e. The van der Waals surface area contributed by atoms with Crippen molar-refractivity contribution in [1.29, 1.82) is 0 Å². The third-order valence-corrected chi connectivity index (χ3v) is 3.65. The number of carboxylic acid groups (broad SMARTS) is 1. The Bertz CT molecular complexity index is 449. The minimum absolute atomic E-state index is 0.217. The van der Waals surface area contributed by atoms with Crippen molar-refractivity contribution >= 4 is 5.97 Å². The molecule has 1 aromatic rings. The molecule has 3 rings (SSSR count). The number of nitrogens with one attached hydrogen (secondary N) is 1. The highest BCUT2D eigenvalue weighted by atomic mass is 16.4. The highest BCUT2D eigenvalue weighted by molar-refractivity contribution is 5.87. The first-order valence-electron chi connectivity index (χ1n) is 5.15. The molecule has 0 unspecified atom stereocenters. The zero-order valence-electron chi connectivity index (χ0n) is 8.23. The van der Waals surface area contributed by atoms with E-state index in [-0.39, 0.29) is 5.69 Å². The standard InChI is InChI=1S/C11H12N2O2/c1-2-3-5-6-4-7-9(8(5)6)12-13-10(7)11(14)15/h2,5-6,8H,1,3-4H2,(H,12,13)(H,14,15)/t5-,6-,8+/m0/s1. The number of nitrogens with zero attached hydrogens (tertiary/aromatic N) is 1. The van der Waals surface area contributed by atoms with Gasteiger partial charge in [-0.2, -0.15) is 5.10 Å². The Morgan fingerprint density at radius 3 is 3.20 bits per heavy atom. The van der Waals surface area contributed by atoms with E-state index in [1.54, 1.807) is 0 Å². The SMILES string of the molecule is C=CC[C@H]1[C@@H]2Cc3c(C(=O)O)n[nH]c3[C@H]12. The molecular weight excluding hydrogens is 192 g/mol. The second-order valence-electron chi connectivity index (χ2n) is 4.35. The predicted molar refractivity (Wildman–Crippen MR) is 53.8 cm³/mol. The maximum absolute atomic E-state index is 10.9. The molecule has 0 bridgehead atoms. The van der Waals surface area contributed by atoms with Gasteiger partial charge in [0.15, 0.2) is 5.69 Å². The first-order chi connectivity index (χ1) is 7.24. The predicted octanol–water partition coefficient (Wildman–Crippen LogP) is 1.57. The molecule has 0 saturated heterocycles. The lowest BCUT2D eigenvalue weighted by Crippen LogP contribution is -2.02. The molecule has 4 heteroatoms. The van der Waals surface area contributed by atoms with Gasteiger partial charge in [0.25, 0.3) is 0 Å². The molecule has 1 aromatic heterocycles. The van der Waals surface area contributed by atoms with Crippen molar-refractivity contribution in [3.05, 3.63) is 29.6 Å². The van der Waals surface area contributed by atoms with Gasteiger partial charge in [-0.05, 0) is 24.7 Å². The van der Waals surface area contributed by atoms with Gasteiger partial charge in [0.1, 0.15) is 0 Å². The van der Waals surface area contributed by atoms with Crippen LogP contribution in [0.5, 0.6) is 0 Å². The number of hydrogen-bond donors (Lipinski definition) is 2. The Kier molecular flexibility index (Phi) is 1.58. The van der Waals surface area contributed by atoms with Gasteiger partial charge in [0, 0.05) is 17.2 Å². The van der Waals surface area contributed by atoms with E-state index in [2.05, 4.69) is 16.8 Å². The molecule has 1 heterocycles. The molecule has 0 aromatic carbocycles. The molecule has 15 heavy (non-hydrogen) atoms. The summed E-state index contributed by atoms with van der Waals surface area (Å²) < 4.78 is 0. The van der Waals surface area contributed by atoms with Gasteiger partial charge in [0.2, 0.25) is 0 Å². The number of carbonyl (C=O) groups is 1. The summed E-state index contributed by atoms with van der Waals surface area (Å²) in [6.07, 6.45) is 3.84. The average Bonchev–Trinajstić information content (AvgIpc) is 2.60. The zero-order chi connectivity index (χ0) is 10.6. The lowest BCUT2D eigenvalue weighted by atomic mass is 10.0. The summed E-state index contributed by atoms with van der Waals surface area (Å²) in [7, 11) is 0. The van der Waals surface area contributed by atoms with Crippen LogP contribution in [0.25, 0.3) is 0 Å². The topological polar surface area (TPSA) is 66.0 Å². The third-order valence-electron chi connectivity index (χ3n) is 3.65. The lowest BCUT2D eigenvalue weighted by Gasteiger charge is -1.99. The number of fused-ring (bicyclic) bond motifs is 3. The number of aromatic nitrogens is 2. The van der Waals surface area contributed by atoms with Crippen LogP contribution in [0.15, 0.2) is 12.7 Å². The quantitative estimate of drug-likeness (QED) is 0.734. The van der Waals surface area contributed by atoms with Crippen molar-refractivity contribution in [2.24, 2.45) is 11.8 Å². The maximum atomic E-state index is 10.9. The normalized spacial score (nSPS) is 30.8. The van der Waals surface area contributed by atoms with Crippen molar-refractivity contribution in [2.75, 3.05) is 0 Å². The third kappa shape index (κ3) is 1.02. The van der Waals surface area contributed by atoms with E-state index in [4.69, 9.17) is 5.11 Å². The maximum Gasteiger partial charge on any atom is 0.356 e. The van der Waals surface area contributed by atoms with E-state index < -0.39 is 5.97 Å². The summed E-state index contributed by atoms with van der Waals surface area (Å²) in [5.41, 5.74) is 2.21. The molecule has 78 valence electrons. The largest absolute Gasteiger partial charge is 0.476 e. The number of H-pyrrole nitrogens is 1. The summed E-state index contributed by atoms with van der Waals surface area (Å²) in [5.74, 6) is 0.884. The van der Waals surface area contributed by atoms with Crippen molar-refractivity contribution in [1.82, 2.24) is 10.2 Å². The van der Waals surface area contributed by atoms with Crippen LogP contribution in [0.2, 0.25) is 0 Å². The Hall–Kier alpha value is -1.58. The van der Waals surface area contributed by atoms with E-state index in [1.807, 2.05) is 6.08 Å². The Morgan fingerprint density at radius 2 is 2.53 bits per heavy atom. The summed E-state index contributed by atoms with van der Waals surface area (Å²) in [6.45, 7) is 3.74. The van der Waals surface area contributed by atoms with Crippen molar-refractivity contribution in [3.63, 3.8) is 0 Å². The van der Waals surface area contributed by atoms with Crippen LogP contribution in [-0.2, 0) is 6.42 Å². The Balaban J connectivity index is 1.91. The molecule has 0 radical (unpaired) electrons. The zero-order valence-corrected chi connectivity index (χ0v) is 8.23. The monoisotopic (exact) mass is 204 g/mol. The second-order valence-corrected chi connectivity index (χ2v) is 4.35. The van der Waals surface area contributed by atoms with Crippen molar-refractivity contribution in [3.8, 4) is 0 Å². The summed E-state index contributed by atoms with van der Waals surface area (Å²) in [4.78, 5) is 10.9. The molecule has 4 nitrogen and oxygen atoms in total. The molecule has 1 saturated carbocycles. The number of rotatable bonds is 3. The molecule has 2 aliphatic rings. The number of aromatic carboxylic acids is 1. The van der Waals surface area contributed by atoms with E-state index in [0.717, 1.165) is 24.1 Å². The van der Waals surface area contributed by atoms with E-state index in [0.29, 0.717) is 17.8 Å². The first-order valence-corrected chi connectivity index (χ1v) is 5.15. The average molecular weight is 204 g/mol. The van der Waals surface area contributed by atoms with Crippen LogP contribution in [0, 0.1) is 11.8 Å². The molecule has 3 atom stereocenters. The van der Waals surface area contributed by atoms with Gasteiger partial charge >= 0.3 is 5.97 Å². The highest BCUT2D eigenvalue weighted by Crippen LogP contribution is 2.62. The van der Waals surface area contributed by atoms with Gasteiger partial charge in [-0.1, -0.05) is 6.08 Å². The molecule has 2 N–H and O–H groups in total. The van der Waals surface area contributed by atoms with Crippen LogP contribution in [0.1, 0.15) is 34.1 Å². The van der Waals surface area contributed by atoms with Crippen molar-refractivity contribution in [2.45, 2.75) is 18.8 Å². The van der Waals surface area contributed by atoms with Crippen LogP contribution < -0.4 is 0 Å². The Morgan fingerprint density at radius 1 is 1.73 bits per heavy atom. The molecule has 1 fully saturated rings. The number of allylic oxidation sites excluding steroid dienone is 1. The van der Waals surface area contributed by atoms with E-state index >= 15 is 0 Å². The van der Waals surface area contributed by atoms with Gasteiger partial charge in [-0.15, -0.1) is 6.58 Å². The van der Waals surface area contributed by atoms with Crippen molar-refractivity contribution < 1.29 is 9.90 Å². The Labute approximate surface area is 87.0 Å². The molecule has 2 aliphatic carbocycles. The van der Waals surface area contributed by atoms with Crippen LogP contribution in [0.3, 0.4) is 0 Å². The molecule has 0 amide bonds. The van der Waals surface area contributed by atoms with Gasteiger partial charge in [0.05, 0.1) is 0 Å². The van der Waals surface area contributed by atoms with Crippen LogP contribution in [-0.4, -0.2) is 21.3 Å². The van der Waals surface area contributed by atoms with E-state index in [1.165, 1.54) is 0 Å². The van der Waals surface area contributed by atoms with Gasteiger partial charge in [-0.3, -0.25) is 5.10 Å². The minimum Gasteiger partial charge on any atom is -0.476 e. The summed E-state index contributed by atoms with van der Waals surface area (Å²) >= 11 is 0. The minimum atomic E-state index is -0.922. The van der Waals surface area contributed by atoms with Crippen LogP contribution >= 0.6 is 0 Å². The fourth-order valence-electron chi connectivity index (χ4n) is 2.94.